The number of aliphatic imine (C=N–C) groups is 1. The highest BCUT2D eigenvalue weighted by Crippen LogP contribution is 2.38. The largest absolute Gasteiger partial charge is 0.494 e. The first-order chi connectivity index (χ1) is 21.0. The van der Waals surface area contributed by atoms with Gasteiger partial charge in [0, 0.05) is 24.9 Å². The molecule has 1 amide bonds. The predicted octanol–water partition coefficient (Wildman–Crippen LogP) is 7.45. The molecule has 43 heavy (non-hydrogen) atoms. The molecule has 3 aromatic carbocycles. The fourth-order valence-electron chi connectivity index (χ4n) is 5.21. The number of ether oxygens (including phenoxy) is 6. The van der Waals surface area contributed by atoms with E-state index in [1.165, 1.54) is 0 Å². The van der Waals surface area contributed by atoms with Crippen molar-refractivity contribution in [2.45, 2.75) is 44.6 Å². The fraction of sp³-hybridized carbons (Fsp3) is 0.394. The maximum Gasteiger partial charge on any atom is 0.256 e. The molecule has 0 bridgehead atoms. The van der Waals surface area contributed by atoms with E-state index in [0.29, 0.717) is 53.2 Å². The quantitative estimate of drug-likeness (QED) is 0.128. The summed E-state index contributed by atoms with van der Waals surface area (Å²) in [5.41, 5.74) is 1.21. The number of rotatable bonds is 14. The zero-order valence-corrected chi connectivity index (χ0v) is 26.9. The molecule has 2 aliphatic heterocycles. The van der Waals surface area contributed by atoms with Crippen LogP contribution >= 0.6 is 22.6 Å². The second kappa shape index (κ2) is 14.7. The van der Waals surface area contributed by atoms with Crippen molar-refractivity contribution < 1.29 is 33.2 Å². The maximum atomic E-state index is 13.0. The normalized spacial score (nSPS) is 15.4. The zero-order chi connectivity index (χ0) is 30.2. The third kappa shape index (κ3) is 7.46. The summed E-state index contributed by atoms with van der Waals surface area (Å²) in [6.45, 7) is 1.96. The second-order valence-electron chi connectivity index (χ2n) is 10.3. The Morgan fingerprint density at radius 3 is 2.23 bits per heavy atom. The molecule has 0 aromatic heterocycles. The predicted molar refractivity (Wildman–Crippen MR) is 173 cm³/mol. The summed E-state index contributed by atoms with van der Waals surface area (Å²) >= 11 is 2.25. The lowest BCUT2D eigenvalue weighted by Gasteiger charge is -2.20. The lowest BCUT2D eigenvalue weighted by Crippen LogP contribution is -2.35. The fourth-order valence-corrected chi connectivity index (χ4v) is 5.81. The van der Waals surface area contributed by atoms with Gasteiger partial charge in [0.25, 0.3) is 5.91 Å². The first-order valence-corrected chi connectivity index (χ1v) is 15.6. The lowest BCUT2D eigenvalue weighted by molar-refractivity contribution is 0.0774. The van der Waals surface area contributed by atoms with Gasteiger partial charge in [-0.05, 0) is 97.5 Å². The topological polar surface area (TPSA) is 88.1 Å². The highest BCUT2D eigenvalue weighted by Gasteiger charge is 2.32. The highest BCUT2D eigenvalue weighted by molar-refractivity contribution is 14.1. The summed E-state index contributed by atoms with van der Waals surface area (Å²) in [5.74, 6) is 4.67. The Morgan fingerprint density at radius 1 is 0.791 bits per heavy atom. The van der Waals surface area contributed by atoms with Crippen molar-refractivity contribution in [3.8, 4) is 40.2 Å². The number of hydrogen-bond acceptors (Lipinski definition) is 8. The molecule has 10 heteroatoms. The average Bonchev–Trinajstić information content (AvgIpc) is 3.46. The summed E-state index contributed by atoms with van der Waals surface area (Å²) in [6.07, 6.45) is 7.73. The van der Waals surface area contributed by atoms with Gasteiger partial charge < -0.3 is 33.3 Å². The third-order valence-corrected chi connectivity index (χ3v) is 8.35. The zero-order valence-electron chi connectivity index (χ0n) is 24.8. The van der Waals surface area contributed by atoms with Crippen molar-refractivity contribution >= 4 is 40.4 Å². The van der Waals surface area contributed by atoms with E-state index < -0.39 is 0 Å². The number of nitrogens with zero attached hydrogens (tertiary/aromatic N) is 2. The average molecular weight is 701 g/mol. The Labute approximate surface area is 266 Å². The smallest absolute Gasteiger partial charge is 0.256 e. The van der Waals surface area contributed by atoms with E-state index in [0.717, 1.165) is 60.1 Å². The van der Waals surface area contributed by atoms with Gasteiger partial charge in [-0.25, -0.2) is 0 Å². The Bertz CT molecular complexity index is 1460. The molecule has 2 heterocycles. The van der Waals surface area contributed by atoms with Crippen LogP contribution in [-0.2, 0) is 0 Å². The molecule has 9 nitrogen and oxygen atoms in total. The highest BCUT2D eigenvalue weighted by atomic mass is 127. The molecule has 1 saturated heterocycles. The molecule has 1 atom stereocenters. The molecule has 0 saturated carbocycles. The SMILES string of the molecule is COc1ccc(Oc2ccc(OCCCCCCOc3cc4c(cc3OC)C(=O)N3CCC[C@H]3C=N4)cc2I)cc1OC. The van der Waals surface area contributed by atoms with Gasteiger partial charge in [-0.15, -0.1) is 0 Å². The van der Waals surface area contributed by atoms with Crippen LogP contribution in [0.3, 0.4) is 0 Å². The molecule has 0 unspecified atom stereocenters. The van der Waals surface area contributed by atoms with Gasteiger partial charge in [-0.2, -0.15) is 0 Å². The standard InChI is InChI=1S/C33H37IN2O7/c1-38-29-13-11-24(18-30(29)39-2)43-28-12-10-23(17-26(28)34)41-15-6-4-5-7-16-42-32-20-27-25(19-31(32)40-3)33(37)36-14-8-9-22(36)21-35-27/h10-13,17-22H,4-9,14-16H2,1-3H3/t22-/m0/s1. The first kappa shape index (κ1) is 30.8. The second-order valence-corrected chi connectivity index (χ2v) is 11.5. The molecule has 0 radical (unpaired) electrons. The van der Waals surface area contributed by atoms with Crippen LogP contribution in [0.4, 0.5) is 5.69 Å². The van der Waals surface area contributed by atoms with Crippen molar-refractivity contribution in [2.24, 2.45) is 4.99 Å². The van der Waals surface area contributed by atoms with Gasteiger partial charge >= 0.3 is 0 Å². The number of hydrogen-bond donors (Lipinski definition) is 0. The lowest BCUT2D eigenvalue weighted by atomic mass is 10.1. The van der Waals surface area contributed by atoms with Crippen molar-refractivity contribution in [3.63, 3.8) is 0 Å². The number of methoxy groups -OCH3 is 3. The number of fused-ring (bicyclic) bond motifs is 2. The van der Waals surface area contributed by atoms with Crippen molar-refractivity contribution in [2.75, 3.05) is 41.1 Å². The van der Waals surface area contributed by atoms with Crippen LogP contribution in [0.25, 0.3) is 0 Å². The molecule has 228 valence electrons. The third-order valence-electron chi connectivity index (χ3n) is 7.51. The van der Waals surface area contributed by atoms with E-state index in [-0.39, 0.29) is 11.9 Å². The summed E-state index contributed by atoms with van der Waals surface area (Å²) in [6, 6.07) is 14.9. The van der Waals surface area contributed by atoms with Gasteiger partial charge in [0.05, 0.1) is 55.4 Å². The maximum absolute atomic E-state index is 13.0. The van der Waals surface area contributed by atoms with Crippen molar-refractivity contribution in [3.05, 3.63) is 57.7 Å². The van der Waals surface area contributed by atoms with Crippen LogP contribution in [-0.4, -0.2) is 64.2 Å². The van der Waals surface area contributed by atoms with E-state index in [1.54, 1.807) is 33.5 Å². The van der Waals surface area contributed by atoms with Gasteiger partial charge in [0.15, 0.2) is 23.0 Å². The van der Waals surface area contributed by atoms with Gasteiger partial charge in [-0.1, -0.05) is 0 Å². The minimum atomic E-state index is 0.00987. The molecule has 0 spiro atoms. The number of amides is 1. The number of halogens is 1. The molecule has 0 aliphatic carbocycles. The van der Waals surface area contributed by atoms with E-state index in [2.05, 4.69) is 27.6 Å². The first-order valence-electron chi connectivity index (χ1n) is 14.5. The summed E-state index contributed by atoms with van der Waals surface area (Å²) in [4.78, 5) is 19.5. The Morgan fingerprint density at radius 2 is 1.49 bits per heavy atom. The number of carbonyl (C=O) groups excluding carboxylic acids is 1. The summed E-state index contributed by atoms with van der Waals surface area (Å²) < 4.78 is 35.2. The number of unbranched alkanes of at least 4 members (excludes halogenated alkanes) is 3. The summed E-state index contributed by atoms with van der Waals surface area (Å²) in [7, 11) is 4.80. The minimum absolute atomic E-state index is 0.00987. The monoisotopic (exact) mass is 700 g/mol. The van der Waals surface area contributed by atoms with Gasteiger partial charge in [0.2, 0.25) is 0 Å². The molecule has 5 rings (SSSR count). The van der Waals surface area contributed by atoms with E-state index in [1.807, 2.05) is 47.5 Å². The van der Waals surface area contributed by atoms with Crippen molar-refractivity contribution in [1.82, 2.24) is 4.90 Å². The van der Waals surface area contributed by atoms with Crippen LogP contribution in [0.1, 0.15) is 48.9 Å². The molecule has 3 aromatic rings. The van der Waals surface area contributed by atoms with Crippen LogP contribution in [0.15, 0.2) is 53.5 Å². The Kier molecular flexibility index (Phi) is 10.5. The van der Waals surface area contributed by atoms with Gasteiger partial charge in [-0.3, -0.25) is 9.79 Å². The van der Waals surface area contributed by atoms with Crippen LogP contribution in [0.2, 0.25) is 0 Å². The van der Waals surface area contributed by atoms with Crippen molar-refractivity contribution in [1.29, 1.82) is 0 Å². The molecule has 0 N–H and O–H groups in total. The Balaban J connectivity index is 1.03. The van der Waals surface area contributed by atoms with Crippen LogP contribution in [0, 0.1) is 3.57 Å². The molecular weight excluding hydrogens is 663 g/mol. The minimum Gasteiger partial charge on any atom is -0.494 e. The van der Waals surface area contributed by atoms with E-state index >= 15 is 0 Å². The van der Waals surface area contributed by atoms with Gasteiger partial charge in [0.1, 0.15) is 17.2 Å². The summed E-state index contributed by atoms with van der Waals surface area (Å²) in [5, 5.41) is 0. The molecule has 1 fully saturated rings. The van der Waals surface area contributed by atoms with Crippen LogP contribution in [0.5, 0.6) is 40.2 Å². The van der Waals surface area contributed by atoms with E-state index in [9.17, 15) is 4.79 Å². The van der Waals surface area contributed by atoms with Crippen LogP contribution < -0.4 is 28.4 Å². The Hall–Kier alpha value is -3.67. The molecule has 2 aliphatic rings. The number of benzene rings is 3. The molecular formula is C33H37IN2O7. The number of carbonyl (C=O) groups is 1. The van der Waals surface area contributed by atoms with E-state index in [4.69, 9.17) is 28.4 Å².